The Hall–Kier alpha value is -2.27. The molecule has 6 heteroatoms. The van der Waals surface area contributed by atoms with E-state index in [0.717, 1.165) is 0 Å². The second-order valence-electron chi connectivity index (χ2n) is 4.05. The van der Waals surface area contributed by atoms with Gasteiger partial charge in [-0.05, 0) is 24.3 Å². The fourth-order valence-electron chi connectivity index (χ4n) is 1.53. The number of carbonyl (C=O) groups excluding carboxylic acids is 1. The summed E-state index contributed by atoms with van der Waals surface area (Å²) in [5, 5.41) is 3.12. The van der Waals surface area contributed by atoms with Crippen LogP contribution in [0.4, 0.5) is 11.4 Å². The molecule has 0 spiro atoms. The summed E-state index contributed by atoms with van der Waals surface area (Å²) in [5.74, 6) is -0.397. The highest BCUT2D eigenvalue weighted by molar-refractivity contribution is 6.31. The third-order valence-electron chi connectivity index (χ3n) is 2.63. The fraction of sp³-hybridized carbons (Fsp3) is 0.0769. The van der Waals surface area contributed by atoms with Crippen LogP contribution in [0.3, 0.4) is 0 Å². The van der Waals surface area contributed by atoms with Gasteiger partial charge in [-0.2, -0.15) is 0 Å². The molecule has 1 amide bonds. The summed E-state index contributed by atoms with van der Waals surface area (Å²) >= 11 is 5.77. The Labute approximate surface area is 114 Å². The summed E-state index contributed by atoms with van der Waals surface area (Å²) in [7, 11) is 1.61. The molecule has 0 aliphatic carbocycles. The lowest BCUT2D eigenvalue weighted by Crippen LogP contribution is -2.20. The van der Waals surface area contributed by atoms with Crippen molar-refractivity contribution in [1.29, 1.82) is 0 Å². The molecule has 1 heterocycles. The molecule has 0 aliphatic rings. The van der Waals surface area contributed by atoms with E-state index in [1.165, 1.54) is 16.8 Å². The van der Waals surface area contributed by atoms with E-state index < -0.39 is 5.91 Å². The average molecular weight is 278 g/mol. The Morgan fingerprint density at radius 2 is 2.05 bits per heavy atom. The largest absolute Gasteiger partial charge is 0.397 e. The molecule has 0 aliphatic heterocycles. The third kappa shape index (κ3) is 2.95. The van der Waals surface area contributed by atoms with Crippen LogP contribution in [-0.4, -0.2) is 10.5 Å². The number of hydrogen-bond donors (Lipinski definition) is 2. The number of aryl methyl sites for hydroxylation is 1. The van der Waals surface area contributed by atoms with Gasteiger partial charge in [-0.3, -0.25) is 9.59 Å². The molecule has 0 fully saturated rings. The first-order chi connectivity index (χ1) is 8.97. The first-order valence-corrected chi connectivity index (χ1v) is 5.88. The van der Waals surface area contributed by atoms with Crippen LogP contribution < -0.4 is 16.6 Å². The Morgan fingerprint density at radius 3 is 2.68 bits per heavy atom. The summed E-state index contributed by atoms with van der Waals surface area (Å²) in [5.41, 5.74) is 6.58. The van der Waals surface area contributed by atoms with Crippen molar-refractivity contribution in [3.8, 4) is 0 Å². The normalized spacial score (nSPS) is 10.2. The predicted octanol–water partition coefficient (Wildman–Crippen LogP) is 1.87. The number of aromatic nitrogens is 1. The average Bonchev–Trinajstić information content (AvgIpc) is 2.36. The van der Waals surface area contributed by atoms with Gasteiger partial charge in [-0.15, -0.1) is 0 Å². The van der Waals surface area contributed by atoms with Crippen molar-refractivity contribution >= 4 is 28.9 Å². The number of hydrogen-bond acceptors (Lipinski definition) is 3. The smallest absolute Gasteiger partial charge is 0.255 e. The second-order valence-corrected chi connectivity index (χ2v) is 4.49. The number of pyridine rings is 1. The number of amides is 1. The molecule has 3 N–H and O–H groups in total. The zero-order valence-corrected chi connectivity index (χ0v) is 10.9. The molecule has 1 aromatic heterocycles. The molecular formula is C13H12ClN3O2. The number of halogens is 1. The van der Waals surface area contributed by atoms with E-state index in [0.29, 0.717) is 16.4 Å². The Bertz CT molecular complexity index is 695. The fourth-order valence-corrected chi connectivity index (χ4v) is 1.71. The number of rotatable bonds is 2. The summed E-state index contributed by atoms with van der Waals surface area (Å²) < 4.78 is 1.38. The third-order valence-corrected chi connectivity index (χ3v) is 2.86. The van der Waals surface area contributed by atoms with Gasteiger partial charge in [0.15, 0.2) is 0 Å². The van der Waals surface area contributed by atoms with Crippen LogP contribution in [-0.2, 0) is 7.05 Å². The maximum atomic E-state index is 12.0. The molecular weight excluding hydrogens is 266 g/mol. The van der Waals surface area contributed by atoms with Crippen LogP contribution in [0.15, 0.2) is 41.3 Å². The van der Waals surface area contributed by atoms with Gasteiger partial charge in [-0.25, -0.2) is 0 Å². The molecule has 2 aromatic rings. The van der Waals surface area contributed by atoms with Gasteiger partial charge in [-0.1, -0.05) is 11.6 Å². The lowest BCUT2D eigenvalue weighted by Gasteiger charge is -2.08. The van der Waals surface area contributed by atoms with Gasteiger partial charge in [0.2, 0.25) is 0 Å². The molecule has 0 atom stereocenters. The second kappa shape index (κ2) is 5.16. The van der Waals surface area contributed by atoms with Gasteiger partial charge in [0.25, 0.3) is 11.5 Å². The van der Waals surface area contributed by atoms with Crippen molar-refractivity contribution in [2.45, 2.75) is 0 Å². The molecule has 0 saturated carbocycles. The molecule has 0 bridgehead atoms. The first kappa shape index (κ1) is 13.2. The highest BCUT2D eigenvalue weighted by Gasteiger charge is 2.09. The number of benzene rings is 1. The zero-order valence-electron chi connectivity index (χ0n) is 10.2. The van der Waals surface area contributed by atoms with E-state index >= 15 is 0 Å². The summed E-state index contributed by atoms with van der Waals surface area (Å²) in [6, 6.07) is 7.60. The van der Waals surface area contributed by atoms with Gasteiger partial charge in [0, 0.05) is 29.9 Å². The molecule has 2 rings (SSSR count). The number of anilines is 2. The molecule has 0 unspecified atom stereocenters. The quantitative estimate of drug-likeness (QED) is 0.823. The zero-order chi connectivity index (χ0) is 14.0. The topological polar surface area (TPSA) is 77.1 Å². The van der Waals surface area contributed by atoms with Crippen LogP contribution in [0.5, 0.6) is 0 Å². The Morgan fingerprint density at radius 1 is 1.32 bits per heavy atom. The molecule has 1 aromatic carbocycles. The molecule has 98 valence electrons. The molecule has 19 heavy (non-hydrogen) atoms. The monoisotopic (exact) mass is 277 g/mol. The molecule has 5 nitrogen and oxygen atoms in total. The van der Waals surface area contributed by atoms with Crippen LogP contribution in [0, 0.1) is 0 Å². The van der Waals surface area contributed by atoms with E-state index in [1.54, 1.807) is 31.3 Å². The van der Waals surface area contributed by atoms with E-state index in [2.05, 4.69) is 5.32 Å². The minimum absolute atomic E-state index is 0.253. The van der Waals surface area contributed by atoms with Crippen LogP contribution in [0.25, 0.3) is 0 Å². The maximum Gasteiger partial charge on any atom is 0.255 e. The van der Waals surface area contributed by atoms with Crippen molar-refractivity contribution in [3.63, 3.8) is 0 Å². The Kier molecular flexibility index (Phi) is 3.57. The highest BCUT2D eigenvalue weighted by atomic mass is 35.5. The highest BCUT2D eigenvalue weighted by Crippen LogP contribution is 2.22. The maximum absolute atomic E-state index is 12.0. The molecule has 0 radical (unpaired) electrons. The van der Waals surface area contributed by atoms with Gasteiger partial charge in [0.05, 0.1) is 11.4 Å². The van der Waals surface area contributed by atoms with Gasteiger partial charge < -0.3 is 15.6 Å². The van der Waals surface area contributed by atoms with E-state index in [1.807, 2.05) is 0 Å². The van der Waals surface area contributed by atoms with Crippen molar-refractivity contribution in [2.75, 3.05) is 11.1 Å². The van der Waals surface area contributed by atoms with Gasteiger partial charge in [0.1, 0.15) is 0 Å². The summed E-state index contributed by atoms with van der Waals surface area (Å²) in [6.45, 7) is 0. The summed E-state index contributed by atoms with van der Waals surface area (Å²) in [6.07, 6.45) is 1.53. The van der Waals surface area contributed by atoms with Crippen molar-refractivity contribution in [1.82, 2.24) is 4.57 Å². The lowest BCUT2D eigenvalue weighted by molar-refractivity contribution is 0.102. The van der Waals surface area contributed by atoms with Crippen molar-refractivity contribution in [2.24, 2.45) is 7.05 Å². The minimum atomic E-state index is -0.397. The lowest BCUT2D eigenvalue weighted by atomic mass is 10.2. The van der Waals surface area contributed by atoms with Gasteiger partial charge >= 0.3 is 0 Å². The van der Waals surface area contributed by atoms with Crippen molar-refractivity contribution < 1.29 is 4.79 Å². The SMILES string of the molecule is Cn1ccc(C(=O)Nc2ccc(Cl)cc2N)cc1=O. The Balaban J connectivity index is 2.25. The number of nitrogens with zero attached hydrogens (tertiary/aromatic N) is 1. The first-order valence-electron chi connectivity index (χ1n) is 5.50. The predicted molar refractivity (Wildman–Crippen MR) is 75.5 cm³/mol. The number of nitrogens with two attached hydrogens (primary N) is 1. The van der Waals surface area contributed by atoms with E-state index in [-0.39, 0.29) is 11.1 Å². The molecule has 0 saturated heterocycles. The number of nitrogens with one attached hydrogen (secondary N) is 1. The van der Waals surface area contributed by atoms with E-state index in [4.69, 9.17) is 17.3 Å². The summed E-state index contributed by atoms with van der Waals surface area (Å²) in [4.78, 5) is 23.4. The minimum Gasteiger partial charge on any atom is -0.397 e. The number of carbonyl (C=O) groups is 1. The van der Waals surface area contributed by atoms with Crippen LogP contribution in [0.2, 0.25) is 5.02 Å². The van der Waals surface area contributed by atoms with E-state index in [9.17, 15) is 9.59 Å². The van der Waals surface area contributed by atoms with Crippen LogP contribution in [0.1, 0.15) is 10.4 Å². The number of nitrogen functional groups attached to an aromatic ring is 1. The van der Waals surface area contributed by atoms with Crippen molar-refractivity contribution in [3.05, 3.63) is 57.5 Å². The standard InChI is InChI=1S/C13H12ClN3O2/c1-17-5-4-8(6-12(17)18)13(19)16-11-3-2-9(14)7-10(11)15/h2-7H,15H2,1H3,(H,16,19). The van der Waals surface area contributed by atoms with Crippen LogP contribution >= 0.6 is 11.6 Å².